The van der Waals surface area contributed by atoms with E-state index in [-0.39, 0.29) is 11.9 Å². The molecule has 0 aliphatic rings. The molecule has 2 unspecified atom stereocenters. The van der Waals surface area contributed by atoms with E-state index >= 15 is 0 Å². The number of carbonyl (C=O) groups excluding carboxylic acids is 1. The van der Waals surface area contributed by atoms with Crippen LogP contribution in [0.4, 0.5) is 0 Å². The number of hydrogen-bond acceptors (Lipinski definition) is 3. The Kier molecular flexibility index (Phi) is 4.97. The minimum absolute atomic E-state index is 0.0765. The zero-order valence-electron chi connectivity index (χ0n) is 10.4. The van der Waals surface area contributed by atoms with Crippen molar-refractivity contribution in [1.29, 1.82) is 0 Å². The lowest BCUT2D eigenvalue weighted by Crippen LogP contribution is -2.34. The van der Waals surface area contributed by atoms with Gasteiger partial charge in [-0.15, -0.1) is 0 Å². The van der Waals surface area contributed by atoms with E-state index in [1.807, 2.05) is 13.0 Å². The number of methoxy groups -OCH3 is 1. The highest BCUT2D eigenvalue weighted by atomic mass is 16.5. The first-order valence-corrected chi connectivity index (χ1v) is 5.66. The minimum atomic E-state index is -0.428. The topological polar surface area (TPSA) is 58.6 Å². The summed E-state index contributed by atoms with van der Waals surface area (Å²) in [4.78, 5) is 11.9. The summed E-state index contributed by atoms with van der Waals surface area (Å²) in [7, 11) is 1.53. The highest BCUT2D eigenvalue weighted by Crippen LogP contribution is 2.17. The van der Waals surface area contributed by atoms with Crippen molar-refractivity contribution >= 4 is 5.91 Å². The van der Waals surface area contributed by atoms with Crippen LogP contribution in [0, 0.1) is 0 Å². The van der Waals surface area contributed by atoms with Gasteiger partial charge in [0.1, 0.15) is 5.75 Å². The fourth-order valence-corrected chi connectivity index (χ4v) is 1.70. The summed E-state index contributed by atoms with van der Waals surface area (Å²) < 4.78 is 5.12. The van der Waals surface area contributed by atoms with Gasteiger partial charge in [-0.3, -0.25) is 4.79 Å². The molecule has 2 N–H and O–H groups in total. The average molecular weight is 237 g/mol. The molecule has 94 valence electrons. The highest BCUT2D eigenvalue weighted by molar-refractivity contribution is 5.97. The number of hydrogen-bond donors (Lipinski definition) is 2. The first-order chi connectivity index (χ1) is 8.04. The third kappa shape index (κ3) is 4.07. The molecular formula is C13H19NO3. The fourth-order valence-electron chi connectivity index (χ4n) is 1.70. The van der Waals surface area contributed by atoms with Gasteiger partial charge in [-0.1, -0.05) is 12.1 Å². The van der Waals surface area contributed by atoms with E-state index in [2.05, 4.69) is 5.32 Å². The molecule has 0 radical (unpaired) electrons. The Morgan fingerprint density at radius 3 is 2.65 bits per heavy atom. The lowest BCUT2D eigenvalue weighted by atomic mass is 10.1. The molecule has 0 bridgehead atoms. The van der Waals surface area contributed by atoms with Gasteiger partial charge in [-0.2, -0.15) is 0 Å². The number of nitrogens with one attached hydrogen (secondary N) is 1. The Balaban J connectivity index is 2.69. The van der Waals surface area contributed by atoms with Crippen LogP contribution in [-0.2, 0) is 0 Å². The number of amides is 1. The standard InChI is InChI=1S/C13H19NO3/c1-9(8-10(2)15)14-13(16)11-6-4-5-7-12(11)17-3/h4-7,9-10,15H,8H2,1-3H3,(H,14,16). The van der Waals surface area contributed by atoms with Crippen LogP contribution in [0.5, 0.6) is 5.75 Å². The Hall–Kier alpha value is -1.55. The molecule has 1 amide bonds. The zero-order valence-corrected chi connectivity index (χ0v) is 10.4. The number of para-hydroxylation sites is 1. The quantitative estimate of drug-likeness (QED) is 0.817. The fraction of sp³-hybridized carbons (Fsp3) is 0.462. The lowest BCUT2D eigenvalue weighted by molar-refractivity contribution is 0.0920. The van der Waals surface area contributed by atoms with Crippen molar-refractivity contribution in [2.45, 2.75) is 32.4 Å². The third-order valence-electron chi connectivity index (χ3n) is 2.42. The summed E-state index contributed by atoms with van der Waals surface area (Å²) in [5, 5.41) is 12.1. The van der Waals surface area contributed by atoms with Crippen LogP contribution in [0.3, 0.4) is 0 Å². The number of rotatable bonds is 5. The second-order valence-corrected chi connectivity index (χ2v) is 4.16. The lowest BCUT2D eigenvalue weighted by Gasteiger charge is -2.16. The van der Waals surface area contributed by atoms with E-state index in [1.165, 1.54) is 7.11 Å². The molecule has 17 heavy (non-hydrogen) atoms. The van der Waals surface area contributed by atoms with Gasteiger partial charge in [0.25, 0.3) is 5.91 Å². The molecule has 1 rings (SSSR count). The van der Waals surface area contributed by atoms with Gasteiger partial charge in [0.2, 0.25) is 0 Å². The van der Waals surface area contributed by atoms with E-state index in [0.29, 0.717) is 17.7 Å². The first kappa shape index (κ1) is 13.5. The molecule has 0 aliphatic carbocycles. The molecule has 4 nitrogen and oxygen atoms in total. The molecule has 2 atom stereocenters. The third-order valence-corrected chi connectivity index (χ3v) is 2.42. The van der Waals surface area contributed by atoms with Gasteiger partial charge < -0.3 is 15.2 Å². The van der Waals surface area contributed by atoms with Gasteiger partial charge >= 0.3 is 0 Å². The van der Waals surface area contributed by atoms with E-state index in [4.69, 9.17) is 4.74 Å². The summed E-state index contributed by atoms with van der Waals surface area (Å²) in [5.41, 5.74) is 0.507. The second kappa shape index (κ2) is 6.25. The maximum absolute atomic E-state index is 11.9. The molecular weight excluding hydrogens is 218 g/mol. The van der Waals surface area contributed by atoms with Crippen LogP contribution in [0.2, 0.25) is 0 Å². The van der Waals surface area contributed by atoms with Gasteiger partial charge in [-0.25, -0.2) is 0 Å². The molecule has 0 aromatic heterocycles. The molecule has 0 aliphatic heterocycles. The van der Waals surface area contributed by atoms with Crippen molar-refractivity contribution in [1.82, 2.24) is 5.32 Å². The molecule has 0 spiro atoms. The average Bonchev–Trinajstić information content (AvgIpc) is 2.27. The van der Waals surface area contributed by atoms with Crippen molar-refractivity contribution in [3.63, 3.8) is 0 Å². The monoisotopic (exact) mass is 237 g/mol. The van der Waals surface area contributed by atoms with Crippen molar-refractivity contribution in [3.8, 4) is 5.75 Å². The van der Waals surface area contributed by atoms with Crippen LogP contribution in [0.15, 0.2) is 24.3 Å². The number of ether oxygens (including phenoxy) is 1. The van der Waals surface area contributed by atoms with Gasteiger partial charge in [-0.05, 0) is 32.4 Å². The van der Waals surface area contributed by atoms with E-state index < -0.39 is 6.10 Å². The van der Waals surface area contributed by atoms with Crippen molar-refractivity contribution in [3.05, 3.63) is 29.8 Å². The number of aliphatic hydroxyl groups excluding tert-OH is 1. The van der Waals surface area contributed by atoms with Gasteiger partial charge in [0.05, 0.1) is 18.8 Å². The molecule has 0 saturated carbocycles. The van der Waals surface area contributed by atoms with Crippen LogP contribution in [0.25, 0.3) is 0 Å². The maximum atomic E-state index is 11.9. The molecule has 0 fully saturated rings. The number of benzene rings is 1. The van der Waals surface area contributed by atoms with E-state index in [9.17, 15) is 9.90 Å². The van der Waals surface area contributed by atoms with Gasteiger partial charge in [0, 0.05) is 6.04 Å². The normalized spacial score (nSPS) is 13.9. The predicted molar refractivity (Wildman–Crippen MR) is 66.2 cm³/mol. The van der Waals surface area contributed by atoms with Crippen molar-refractivity contribution in [2.24, 2.45) is 0 Å². The number of aliphatic hydroxyl groups is 1. The zero-order chi connectivity index (χ0) is 12.8. The number of carbonyl (C=O) groups is 1. The van der Waals surface area contributed by atoms with Crippen LogP contribution in [-0.4, -0.2) is 30.3 Å². The SMILES string of the molecule is COc1ccccc1C(=O)NC(C)CC(C)O. The van der Waals surface area contributed by atoms with Crippen molar-refractivity contribution in [2.75, 3.05) is 7.11 Å². The van der Waals surface area contributed by atoms with Crippen LogP contribution < -0.4 is 10.1 Å². The summed E-state index contributed by atoms with van der Waals surface area (Å²) >= 11 is 0. The van der Waals surface area contributed by atoms with E-state index in [0.717, 1.165) is 0 Å². The summed E-state index contributed by atoms with van der Waals surface area (Å²) in [6, 6.07) is 6.98. The molecule has 0 saturated heterocycles. The van der Waals surface area contributed by atoms with Crippen LogP contribution in [0.1, 0.15) is 30.6 Å². The molecule has 0 heterocycles. The summed E-state index contributed by atoms with van der Waals surface area (Å²) in [6.07, 6.45) is 0.101. The van der Waals surface area contributed by atoms with Crippen LogP contribution >= 0.6 is 0 Å². The van der Waals surface area contributed by atoms with E-state index in [1.54, 1.807) is 25.1 Å². The maximum Gasteiger partial charge on any atom is 0.255 e. The molecule has 1 aromatic rings. The Bertz CT molecular complexity index is 377. The minimum Gasteiger partial charge on any atom is -0.496 e. The summed E-state index contributed by atoms with van der Waals surface area (Å²) in [5.74, 6) is 0.366. The first-order valence-electron chi connectivity index (χ1n) is 5.66. The smallest absolute Gasteiger partial charge is 0.255 e. The molecule has 4 heteroatoms. The van der Waals surface area contributed by atoms with Gasteiger partial charge in [0.15, 0.2) is 0 Å². The largest absolute Gasteiger partial charge is 0.496 e. The predicted octanol–water partition coefficient (Wildman–Crippen LogP) is 1.58. The Morgan fingerprint density at radius 1 is 1.41 bits per heavy atom. The Morgan fingerprint density at radius 2 is 2.06 bits per heavy atom. The molecule has 1 aromatic carbocycles. The van der Waals surface area contributed by atoms with Crippen molar-refractivity contribution < 1.29 is 14.6 Å². The summed E-state index contributed by atoms with van der Waals surface area (Å²) in [6.45, 7) is 3.56. The highest BCUT2D eigenvalue weighted by Gasteiger charge is 2.14. The second-order valence-electron chi connectivity index (χ2n) is 4.16. The Labute approximate surface area is 102 Å².